The van der Waals surface area contributed by atoms with Crippen molar-refractivity contribution in [2.75, 3.05) is 26.2 Å². The zero-order chi connectivity index (χ0) is 14.9. The molecule has 0 atom stereocenters. The molecule has 1 aliphatic rings. The van der Waals surface area contributed by atoms with E-state index in [4.69, 9.17) is 4.98 Å². The van der Waals surface area contributed by atoms with Gasteiger partial charge < -0.3 is 9.72 Å². The quantitative estimate of drug-likeness (QED) is 0.807. The van der Waals surface area contributed by atoms with Crippen molar-refractivity contribution in [1.82, 2.24) is 19.6 Å². The van der Waals surface area contributed by atoms with Gasteiger partial charge in [-0.2, -0.15) is 0 Å². The van der Waals surface area contributed by atoms with E-state index in [-0.39, 0.29) is 0 Å². The fraction of sp³-hybridized carbons (Fsp3) is 0.353. The SMILES string of the molecule is Cc1ccn2c(CN3CCNCC3)c(-c3cccs3)nc2c1. The van der Waals surface area contributed by atoms with Crippen LogP contribution in [0.3, 0.4) is 0 Å². The number of hydrogen-bond donors (Lipinski definition) is 1. The van der Waals surface area contributed by atoms with Crippen molar-refractivity contribution in [3.05, 3.63) is 47.1 Å². The van der Waals surface area contributed by atoms with E-state index >= 15 is 0 Å². The topological polar surface area (TPSA) is 32.6 Å². The molecule has 0 amide bonds. The lowest BCUT2D eigenvalue weighted by Gasteiger charge is -2.27. The van der Waals surface area contributed by atoms with Crippen LogP contribution in [0.15, 0.2) is 35.8 Å². The van der Waals surface area contributed by atoms with Crippen molar-refractivity contribution in [3.63, 3.8) is 0 Å². The summed E-state index contributed by atoms with van der Waals surface area (Å²) in [6.07, 6.45) is 2.16. The Hall–Kier alpha value is -1.69. The molecule has 4 nitrogen and oxygen atoms in total. The molecule has 1 saturated heterocycles. The number of rotatable bonds is 3. The summed E-state index contributed by atoms with van der Waals surface area (Å²) < 4.78 is 2.25. The molecule has 0 unspecified atom stereocenters. The minimum Gasteiger partial charge on any atom is -0.314 e. The highest BCUT2D eigenvalue weighted by atomic mass is 32.1. The normalized spacial score (nSPS) is 16.4. The molecule has 3 aromatic rings. The summed E-state index contributed by atoms with van der Waals surface area (Å²) in [5, 5.41) is 5.54. The number of thiophene rings is 1. The summed E-state index contributed by atoms with van der Waals surface area (Å²) in [7, 11) is 0. The number of piperazine rings is 1. The fourth-order valence-electron chi connectivity index (χ4n) is 3.04. The molecule has 1 aliphatic heterocycles. The lowest BCUT2D eigenvalue weighted by Crippen LogP contribution is -2.43. The van der Waals surface area contributed by atoms with Crippen LogP contribution in [0.2, 0.25) is 0 Å². The molecule has 0 aliphatic carbocycles. The van der Waals surface area contributed by atoms with Crippen LogP contribution in [0.4, 0.5) is 0 Å². The summed E-state index contributed by atoms with van der Waals surface area (Å²) in [4.78, 5) is 8.68. The van der Waals surface area contributed by atoms with Crippen LogP contribution in [0.1, 0.15) is 11.3 Å². The van der Waals surface area contributed by atoms with Crippen molar-refractivity contribution >= 4 is 17.0 Å². The van der Waals surface area contributed by atoms with Crippen molar-refractivity contribution in [2.45, 2.75) is 13.5 Å². The maximum atomic E-state index is 4.91. The maximum absolute atomic E-state index is 4.91. The van der Waals surface area contributed by atoms with Crippen molar-refractivity contribution < 1.29 is 0 Å². The van der Waals surface area contributed by atoms with Crippen molar-refractivity contribution in [1.29, 1.82) is 0 Å². The maximum Gasteiger partial charge on any atom is 0.138 e. The predicted molar refractivity (Wildman–Crippen MR) is 91.4 cm³/mol. The second-order valence-electron chi connectivity index (χ2n) is 5.84. The van der Waals surface area contributed by atoms with Gasteiger partial charge in [-0.15, -0.1) is 11.3 Å². The third-order valence-electron chi connectivity index (χ3n) is 4.22. The predicted octanol–water partition coefficient (Wildman–Crippen LogP) is 2.78. The summed E-state index contributed by atoms with van der Waals surface area (Å²) >= 11 is 1.76. The molecule has 114 valence electrons. The zero-order valence-corrected chi connectivity index (χ0v) is 13.6. The minimum atomic E-state index is 0.957. The van der Waals surface area contributed by atoms with Crippen molar-refractivity contribution in [3.8, 4) is 10.6 Å². The standard InChI is InChI=1S/C17H20N4S/c1-13-4-7-21-14(12-20-8-5-18-6-9-20)17(19-16(21)11-13)15-3-2-10-22-15/h2-4,7,10-11,18H,5-6,8-9,12H2,1H3. The molecule has 1 N–H and O–H groups in total. The summed E-state index contributed by atoms with van der Waals surface area (Å²) in [5.41, 5.74) is 4.75. The highest BCUT2D eigenvalue weighted by Crippen LogP contribution is 2.29. The van der Waals surface area contributed by atoms with Crippen LogP contribution >= 0.6 is 11.3 Å². The number of hydrogen-bond acceptors (Lipinski definition) is 4. The Bertz CT molecular complexity index is 769. The highest BCUT2D eigenvalue weighted by molar-refractivity contribution is 7.13. The Morgan fingerprint density at radius 3 is 2.91 bits per heavy atom. The summed E-state index contributed by atoms with van der Waals surface area (Å²) in [6, 6.07) is 8.59. The molecule has 4 heterocycles. The first-order chi connectivity index (χ1) is 10.8. The summed E-state index contributed by atoms with van der Waals surface area (Å²) in [6.45, 7) is 7.43. The minimum absolute atomic E-state index is 0.957. The number of fused-ring (bicyclic) bond motifs is 1. The molecule has 3 aromatic heterocycles. The van der Waals surface area contributed by atoms with E-state index in [2.05, 4.69) is 57.4 Å². The molecule has 5 heteroatoms. The van der Waals surface area contributed by atoms with E-state index in [1.165, 1.54) is 16.1 Å². The van der Waals surface area contributed by atoms with E-state index in [1.807, 2.05) is 0 Å². The van der Waals surface area contributed by atoms with E-state index in [0.717, 1.165) is 44.1 Å². The van der Waals surface area contributed by atoms with Crippen LogP contribution in [0.25, 0.3) is 16.2 Å². The average molecular weight is 312 g/mol. The third-order valence-corrected chi connectivity index (χ3v) is 5.09. The van der Waals surface area contributed by atoms with E-state index in [1.54, 1.807) is 11.3 Å². The van der Waals surface area contributed by atoms with Gasteiger partial charge in [-0.25, -0.2) is 4.98 Å². The first-order valence-corrected chi connectivity index (χ1v) is 8.64. The molecule has 1 fully saturated rings. The molecule has 0 saturated carbocycles. The Morgan fingerprint density at radius 1 is 1.27 bits per heavy atom. The lowest BCUT2D eigenvalue weighted by molar-refractivity contribution is 0.230. The lowest BCUT2D eigenvalue weighted by atomic mass is 10.2. The van der Waals surface area contributed by atoms with Gasteiger partial charge in [-0.3, -0.25) is 4.90 Å². The molecule has 0 aromatic carbocycles. The molecule has 0 spiro atoms. The van der Waals surface area contributed by atoms with Crippen LogP contribution in [-0.4, -0.2) is 40.5 Å². The van der Waals surface area contributed by atoms with Gasteiger partial charge in [0.05, 0.1) is 10.6 Å². The van der Waals surface area contributed by atoms with Crippen LogP contribution in [0.5, 0.6) is 0 Å². The van der Waals surface area contributed by atoms with E-state index in [0.29, 0.717) is 0 Å². The zero-order valence-electron chi connectivity index (χ0n) is 12.7. The highest BCUT2D eigenvalue weighted by Gasteiger charge is 2.18. The number of nitrogens with one attached hydrogen (secondary N) is 1. The number of aryl methyl sites for hydroxylation is 1. The van der Waals surface area contributed by atoms with Gasteiger partial charge in [0.2, 0.25) is 0 Å². The second-order valence-corrected chi connectivity index (χ2v) is 6.79. The Labute approximate surface area is 134 Å². The number of imidazole rings is 1. The molecule has 4 rings (SSSR count). The van der Waals surface area contributed by atoms with Gasteiger partial charge in [-0.05, 0) is 36.1 Å². The smallest absolute Gasteiger partial charge is 0.138 e. The summed E-state index contributed by atoms with van der Waals surface area (Å²) in [5.74, 6) is 0. The van der Waals surface area contributed by atoms with Gasteiger partial charge >= 0.3 is 0 Å². The molecule has 22 heavy (non-hydrogen) atoms. The monoisotopic (exact) mass is 312 g/mol. The third kappa shape index (κ3) is 2.56. The largest absolute Gasteiger partial charge is 0.314 e. The van der Waals surface area contributed by atoms with Crippen LogP contribution in [-0.2, 0) is 6.54 Å². The Morgan fingerprint density at radius 2 is 2.14 bits per heavy atom. The van der Waals surface area contributed by atoms with Gasteiger partial charge in [0.15, 0.2) is 0 Å². The van der Waals surface area contributed by atoms with Crippen LogP contribution < -0.4 is 5.32 Å². The van der Waals surface area contributed by atoms with Gasteiger partial charge in [-0.1, -0.05) is 6.07 Å². The number of pyridine rings is 1. The first kappa shape index (κ1) is 13.9. The number of aromatic nitrogens is 2. The average Bonchev–Trinajstić information content (AvgIpc) is 3.16. The molecule has 0 bridgehead atoms. The van der Waals surface area contributed by atoms with E-state index in [9.17, 15) is 0 Å². The molecule has 0 radical (unpaired) electrons. The van der Waals surface area contributed by atoms with Gasteiger partial charge in [0, 0.05) is 38.9 Å². The van der Waals surface area contributed by atoms with E-state index < -0.39 is 0 Å². The second kappa shape index (κ2) is 5.83. The molecular formula is C17H20N4S. The fourth-order valence-corrected chi connectivity index (χ4v) is 3.78. The van der Waals surface area contributed by atoms with Gasteiger partial charge in [0.1, 0.15) is 11.3 Å². The van der Waals surface area contributed by atoms with Gasteiger partial charge in [0.25, 0.3) is 0 Å². The molecular weight excluding hydrogens is 292 g/mol. The van der Waals surface area contributed by atoms with Crippen LogP contribution in [0, 0.1) is 6.92 Å². The van der Waals surface area contributed by atoms with Crippen molar-refractivity contribution in [2.24, 2.45) is 0 Å². The number of nitrogens with zero attached hydrogens (tertiary/aromatic N) is 3. The Balaban J connectivity index is 1.80. The first-order valence-electron chi connectivity index (χ1n) is 7.76. The Kier molecular flexibility index (Phi) is 3.70.